The quantitative estimate of drug-likeness (QED) is 0.203. The molecular formula is C37H20ClNO2. The maximum Gasteiger partial charge on any atom is 0.227 e. The van der Waals surface area contributed by atoms with Gasteiger partial charge in [0.25, 0.3) is 0 Å². The lowest BCUT2D eigenvalue weighted by molar-refractivity contribution is 0.623. The van der Waals surface area contributed by atoms with Crippen molar-refractivity contribution in [3.05, 3.63) is 126 Å². The first-order valence-electron chi connectivity index (χ1n) is 13.6. The Morgan fingerprint density at radius 3 is 2.02 bits per heavy atom. The van der Waals surface area contributed by atoms with Gasteiger partial charge in [-0.1, -0.05) is 78.3 Å². The number of halogens is 1. The molecule has 0 N–H and O–H groups in total. The molecule has 7 aromatic carbocycles. The van der Waals surface area contributed by atoms with E-state index in [0.29, 0.717) is 10.9 Å². The van der Waals surface area contributed by atoms with Crippen molar-refractivity contribution in [2.24, 2.45) is 0 Å². The molecule has 0 bridgehead atoms. The SMILES string of the molecule is Clc1ccc2oc3ccc(-c4ccc5c(ccc6ccc7ccc8nc(-c9ccccc9)oc8c7c65)c4)cc3c2c1. The molecule has 2 aromatic heterocycles. The third-order valence-electron chi connectivity index (χ3n) is 8.12. The second-order valence-corrected chi connectivity index (χ2v) is 11.0. The first kappa shape index (κ1) is 22.7. The van der Waals surface area contributed by atoms with Crippen molar-refractivity contribution >= 4 is 77.0 Å². The number of hydrogen-bond acceptors (Lipinski definition) is 3. The van der Waals surface area contributed by atoms with E-state index >= 15 is 0 Å². The third kappa shape index (κ3) is 3.43. The molecule has 0 saturated heterocycles. The standard InChI is InChI=1S/C37H20ClNO2/c38-27-13-17-33-30(20-27)29-19-25(12-16-32(29)40-33)24-10-14-28-26(18-24)9-8-21-6-7-22-11-15-31-36(35(22)34(21)28)41-37(39-31)23-4-2-1-3-5-23/h1-20H. The average Bonchev–Trinajstić information content (AvgIpc) is 3.62. The number of hydrogen-bond donors (Lipinski definition) is 0. The van der Waals surface area contributed by atoms with Crippen LogP contribution >= 0.6 is 11.6 Å². The summed E-state index contributed by atoms with van der Waals surface area (Å²) in [5, 5.41) is 9.72. The second kappa shape index (κ2) is 8.44. The van der Waals surface area contributed by atoms with E-state index in [-0.39, 0.29) is 0 Å². The van der Waals surface area contributed by atoms with Crippen molar-refractivity contribution in [2.45, 2.75) is 0 Å². The van der Waals surface area contributed by atoms with Gasteiger partial charge in [0.2, 0.25) is 5.89 Å². The molecule has 192 valence electrons. The van der Waals surface area contributed by atoms with Crippen LogP contribution in [0.1, 0.15) is 0 Å². The summed E-state index contributed by atoms with van der Waals surface area (Å²) in [7, 11) is 0. The van der Waals surface area contributed by atoms with E-state index in [0.717, 1.165) is 60.5 Å². The molecule has 0 aliphatic heterocycles. The van der Waals surface area contributed by atoms with Crippen molar-refractivity contribution in [3.63, 3.8) is 0 Å². The molecule has 0 saturated carbocycles. The smallest absolute Gasteiger partial charge is 0.227 e. The van der Waals surface area contributed by atoms with Gasteiger partial charge in [-0.15, -0.1) is 0 Å². The summed E-state index contributed by atoms with van der Waals surface area (Å²) < 4.78 is 12.5. The molecule has 0 amide bonds. The van der Waals surface area contributed by atoms with Crippen LogP contribution in [0.3, 0.4) is 0 Å². The summed E-state index contributed by atoms with van der Waals surface area (Å²) in [6.45, 7) is 0. The van der Waals surface area contributed by atoms with Crippen molar-refractivity contribution in [1.82, 2.24) is 4.98 Å². The Bertz CT molecular complexity index is 2490. The van der Waals surface area contributed by atoms with E-state index in [2.05, 4.69) is 60.7 Å². The lowest BCUT2D eigenvalue weighted by Crippen LogP contribution is -1.84. The van der Waals surface area contributed by atoms with Gasteiger partial charge in [-0.05, 0) is 87.3 Å². The lowest BCUT2D eigenvalue weighted by atomic mass is 9.93. The average molecular weight is 546 g/mol. The number of furan rings is 1. The van der Waals surface area contributed by atoms with Crippen molar-refractivity contribution in [3.8, 4) is 22.6 Å². The van der Waals surface area contributed by atoms with Gasteiger partial charge in [0.1, 0.15) is 16.7 Å². The zero-order chi connectivity index (χ0) is 27.1. The Morgan fingerprint density at radius 1 is 0.488 bits per heavy atom. The van der Waals surface area contributed by atoms with E-state index in [9.17, 15) is 0 Å². The zero-order valence-corrected chi connectivity index (χ0v) is 22.4. The van der Waals surface area contributed by atoms with E-state index in [1.165, 1.54) is 21.5 Å². The van der Waals surface area contributed by atoms with Crippen LogP contribution in [0, 0.1) is 0 Å². The minimum absolute atomic E-state index is 0.635. The number of rotatable bonds is 2. The van der Waals surface area contributed by atoms with Gasteiger partial charge in [0.05, 0.1) is 0 Å². The number of fused-ring (bicyclic) bond motifs is 10. The highest BCUT2D eigenvalue weighted by molar-refractivity contribution is 6.31. The van der Waals surface area contributed by atoms with Crippen molar-refractivity contribution in [1.29, 1.82) is 0 Å². The fourth-order valence-corrected chi connectivity index (χ4v) is 6.33. The molecule has 0 spiro atoms. The molecule has 41 heavy (non-hydrogen) atoms. The highest BCUT2D eigenvalue weighted by atomic mass is 35.5. The van der Waals surface area contributed by atoms with Gasteiger partial charge < -0.3 is 8.83 Å². The molecule has 0 unspecified atom stereocenters. The molecule has 4 heteroatoms. The summed E-state index contributed by atoms with van der Waals surface area (Å²) in [6.07, 6.45) is 0. The number of aromatic nitrogens is 1. The van der Waals surface area contributed by atoms with Crippen molar-refractivity contribution in [2.75, 3.05) is 0 Å². The first-order valence-corrected chi connectivity index (χ1v) is 13.9. The fraction of sp³-hybridized carbons (Fsp3) is 0. The van der Waals surface area contributed by atoms with Crippen LogP contribution in [0.4, 0.5) is 0 Å². The molecule has 2 heterocycles. The van der Waals surface area contributed by atoms with Gasteiger partial charge in [-0.2, -0.15) is 0 Å². The van der Waals surface area contributed by atoms with Gasteiger partial charge in [-0.25, -0.2) is 4.98 Å². The van der Waals surface area contributed by atoms with E-state index < -0.39 is 0 Å². The number of oxazole rings is 1. The predicted molar refractivity (Wildman–Crippen MR) is 170 cm³/mol. The third-order valence-corrected chi connectivity index (χ3v) is 8.35. The summed E-state index contributed by atoms with van der Waals surface area (Å²) >= 11 is 6.30. The molecule has 0 aliphatic carbocycles. The lowest BCUT2D eigenvalue weighted by Gasteiger charge is -2.10. The van der Waals surface area contributed by atoms with Crippen LogP contribution in [-0.4, -0.2) is 4.98 Å². The maximum absolute atomic E-state index is 6.46. The minimum Gasteiger partial charge on any atom is -0.456 e. The highest BCUT2D eigenvalue weighted by Gasteiger charge is 2.16. The van der Waals surface area contributed by atoms with E-state index in [1.54, 1.807) is 0 Å². The van der Waals surface area contributed by atoms with Crippen LogP contribution in [0.25, 0.3) is 87.9 Å². The molecule has 9 rings (SSSR count). The van der Waals surface area contributed by atoms with Crippen LogP contribution < -0.4 is 0 Å². The fourth-order valence-electron chi connectivity index (χ4n) is 6.16. The molecule has 3 nitrogen and oxygen atoms in total. The van der Waals surface area contributed by atoms with Crippen LogP contribution in [0.5, 0.6) is 0 Å². The Labute approximate surface area is 239 Å². The summed E-state index contributed by atoms with van der Waals surface area (Å²) in [4.78, 5) is 4.84. The topological polar surface area (TPSA) is 39.2 Å². The van der Waals surface area contributed by atoms with Crippen LogP contribution in [0.15, 0.2) is 130 Å². The largest absolute Gasteiger partial charge is 0.456 e. The second-order valence-electron chi connectivity index (χ2n) is 10.5. The van der Waals surface area contributed by atoms with E-state index in [4.69, 9.17) is 25.4 Å². The number of nitrogens with zero attached hydrogens (tertiary/aromatic N) is 1. The van der Waals surface area contributed by atoms with Crippen LogP contribution in [-0.2, 0) is 0 Å². The summed E-state index contributed by atoms with van der Waals surface area (Å²) in [5.41, 5.74) is 6.62. The first-order chi connectivity index (χ1) is 20.2. The molecule has 0 atom stereocenters. The normalized spacial score (nSPS) is 12.0. The molecular weight excluding hydrogens is 526 g/mol. The molecule has 9 aromatic rings. The van der Waals surface area contributed by atoms with Crippen LogP contribution in [0.2, 0.25) is 5.02 Å². The summed E-state index contributed by atoms with van der Waals surface area (Å²) in [6, 6.07) is 41.8. The van der Waals surface area contributed by atoms with Crippen molar-refractivity contribution < 1.29 is 8.83 Å². The Morgan fingerprint density at radius 2 is 1.17 bits per heavy atom. The zero-order valence-electron chi connectivity index (χ0n) is 21.7. The molecule has 0 fully saturated rings. The van der Waals surface area contributed by atoms with Gasteiger partial charge in [-0.3, -0.25) is 0 Å². The Hall–Kier alpha value is -5.12. The minimum atomic E-state index is 0.635. The number of benzene rings is 7. The van der Waals surface area contributed by atoms with E-state index in [1.807, 2.05) is 60.7 Å². The Balaban J connectivity index is 1.27. The van der Waals surface area contributed by atoms with Gasteiger partial charge in [0.15, 0.2) is 5.58 Å². The summed E-state index contributed by atoms with van der Waals surface area (Å²) in [5.74, 6) is 0.635. The molecule has 0 aliphatic rings. The molecule has 0 radical (unpaired) electrons. The van der Waals surface area contributed by atoms with Gasteiger partial charge >= 0.3 is 0 Å². The highest BCUT2D eigenvalue weighted by Crippen LogP contribution is 2.40. The Kier molecular flexibility index (Phi) is 4.67. The van der Waals surface area contributed by atoms with Gasteiger partial charge in [0, 0.05) is 32.1 Å². The maximum atomic E-state index is 6.46. The predicted octanol–water partition coefficient (Wildman–Crippen LogP) is 11.2. The monoisotopic (exact) mass is 545 g/mol.